The number of carbonyl (C=O) groups is 2. The normalized spacial score (nSPS) is 33.2. The van der Waals surface area contributed by atoms with Gasteiger partial charge in [-0.1, -0.05) is 105 Å². The molecule has 4 nitrogen and oxygen atoms in total. The lowest BCUT2D eigenvalue weighted by Crippen LogP contribution is -2.52. The lowest BCUT2D eigenvalue weighted by molar-refractivity contribution is -0.137. The van der Waals surface area contributed by atoms with Gasteiger partial charge in [0.05, 0.1) is 19.3 Å². The third-order valence-corrected chi connectivity index (χ3v) is 13.1. The topological polar surface area (TPSA) is 56.5 Å². The molecule has 3 saturated carbocycles. The summed E-state index contributed by atoms with van der Waals surface area (Å²) in [5.74, 6) is 4.99. The second-order valence-electron chi connectivity index (χ2n) is 15.4. The number of carbonyl (C=O) groups excluding carboxylic acids is 2. The van der Waals surface area contributed by atoms with E-state index in [0.717, 1.165) is 51.7 Å². The van der Waals surface area contributed by atoms with Gasteiger partial charge in [0.1, 0.15) is 5.58 Å². The first-order valence-electron chi connectivity index (χ1n) is 18.3. The zero-order valence-electron chi connectivity index (χ0n) is 28.6. The quantitative estimate of drug-likeness (QED) is 0.127. The van der Waals surface area contributed by atoms with Gasteiger partial charge in [0.15, 0.2) is 5.78 Å². The van der Waals surface area contributed by atoms with Gasteiger partial charge in [0.2, 0.25) is 0 Å². The Morgan fingerprint density at radius 3 is 2.10 bits per heavy atom. The van der Waals surface area contributed by atoms with E-state index in [1.807, 2.05) is 91.0 Å². The molecular formula is C44H50O4. The second-order valence-corrected chi connectivity index (χ2v) is 15.4. The van der Waals surface area contributed by atoms with Crippen molar-refractivity contribution in [3.63, 3.8) is 0 Å². The van der Waals surface area contributed by atoms with Gasteiger partial charge in [-0.15, -0.1) is 0 Å². The summed E-state index contributed by atoms with van der Waals surface area (Å²) in [5.41, 5.74) is 3.35. The Bertz CT molecular complexity index is 1650. The molecular weight excluding hydrogens is 592 g/mol. The first-order valence-corrected chi connectivity index (χ1v) is 18.3. The molecule has 4 fully saturated rings. The Labute approximate surface area is 286 Å². The molecule has 4 heteroatoms. The van der Waals surface area contributed by atoms with Crippen LogP contribution in [0.4, 0.5) is 0 Å². The summed E-state index contributed by atoms with van der Waals surface area (Å²) in [4.78, 5) is 23.5. The Hall–Kier alpha value is -3.92. The molecule has 4 aromatic rings. The summed E-state index contributed by atoms with van der Waals surface area (Å²) in [6, 6.07) is 28.5. The average Bonchev–Trinajstić information content (AvgIpc) is 3.87. The zero-order chi connectivity index (χ0) is 33.1. The molecule has 1 saturated heterocycles. The van der Waals surface area contributed by atoms with E-state index < -0.39 is 0 Å². The average molecular weight is 643 g/mol. The fraction of sp³-hybridized carbons (Fsp3) is 0.455. The van der Waals surface area contributed by atoms with Crippen LogP contribution in [0, 0.1) is 46.3 Å². The first kappa shape index (κ1) is 32.6. The monoisotopic (exact) mass is 642 g/mol. The largest absolute Gasteiger partial charge is 0.465 e. The van der Waals surface area contributed by atoms with Crippen molar-refractivity contribution < 1.29 is 18.7 Å². The minimum Gasteiger partial charge on any atom is -0.465 e. The summed E-state index contributed by atoms with van der Waals surface area (Å²) < 4.78 is 10.5. The summed E-state index contributed by atoms with van der Waals surface area (Å²) in [6.45, 7) is 5.87. The van der Waals surface area contributed by atoms with Crippen LogP contribution in [0.25, 0.3) is 11.0 Å². The van der Waals surface area contributed by atoms with Crippen molar-refractivity contribution in [1.29, 1.82) is 0 Å². The number of ketones is 1. The number of hydrogen-bond acceptors (Lipinski definition) is 4. The van der Waals surface area contributed by atoms with Crippen LogP contribution >= 0.6 is 0 Å². The van der Waals surface area contributed by atoms with Gasteiger partial charge in [0, 0.05) is 22.4 Å². The summed E-state index contributed by atoms with van der Waals surface area (Å²) >= 11 is 0. The molecule has 0 amide bonds. The fourth-order valence-electron chi connectivity index (χ4n) is 10.7. The fourth-order valence-corrected chi connectivity index (χ4v) is 10.7. The number of para-hydroxylation sites is 1. The van der Waals surface area contributed by atoms with Crippen molar-refractivity contribution >= 4 is 22.7 Å². The van der Waals surface area contributed by atoms with E-state index in [2.05, 4.69) is 26.0 Å². The standard InChI is InChI=1S/C23H34O2.C13H10O.C8H6O/c1-22-11-4-3-5-16(22)6-7-17-19-9-8-18(15-13-21(24)25-14-15)23(19,2)12-10-20(17)22;14-13(11-7-3-1-4-8-11)12-9-5-2-6-10-12;1-2-4-8-7(3-1)5-6-9-8/h4,11,15-20H,3,5-10,12-14H2,1-2H3;1-10H;1-6H/t15-,16?,17-,18+,19+,20-,22-,23+;;/m0../s1. The molecule has 0 radical (unpaired) electrons. The number of furan rings is 1. The van der Waals surface area contributed by atoms with E-state index in [1.165, 1.54) is 51.4 Å². The van der Waals surface area contributed by atoms with Crippen molar-refractivity contribution in [2.45, 2.75) is 71.6 Å². The molecule has 48 heavy (non-hydrogen) atoms. The van der Waals surface area contributed by atoms with Crippen molar-refractivity contribution in [2.24, 2.45) is 46.3 Å². The van der Waals surface area contributed by atoms with Crippen LogP contribution in [0.5, 0.6) is 0 Å². The molecule has 1 aromatic heterocycles. The van der Waals surface area contributed by atoms with Crippen LogP contribution in [0.15, 0.2) is 114 Å². The van der Waals surface area contributed by atoms with Gasteiger partial charge in [-0.25, -0.2) is 0 Å². The maximum atomic E-state index is 11.8. The summed E-state index contributed by atoms with van der Waals surface area (Å²) in [6.07, 6.45) is 18.6. The number of cyclic esters (lactones) is 1. The predicted molar refractivity (Wildman–Crippen MR) is 191 cm³/mol. The van der Waals surface area contributed by atoms with E-state index in [4.69, 9.17) is 9.15 Å². The van der Waals surface area contributed by atoms with Crippen LogP contribution in [0.1, 0.15) is 87.6 Å². The van der Waals surface area contributed by atoms with Crippen molar-refractivity contribution in [3.05, 3.63) is 121 Å². The Balaban J connectivity index is 0.000000132. The first-order chi connectivity index (χ1) is 23.4. The molecule has 1 unspecified atom stereocenters. The van der Waals surface area contributed by atoms with E-state index in [1.54, 1.807) is 6.26 Å². The van der Waals surface area contributed by atoms with Crippen LogP contribution in [0.2, 0.25) is 0 Å². The highest BCUT2D eigenvalue weighted by Crippen LogP contribution is 2.67. The predicted octanol–water partition coefficient (Wildman–Crippen LogP) is 10.7. The smallest absolute Gasteiger partial charge is 0.306 e. The Kier molecular flexibility index (Phi) is 9.45. The van der Waals surface area contributed by atoms with Crippen LogP contribution < -0.4 is 0 Å². The SMILES string of the molecule is C[C@]12CC[C@H]3[C@@H](CCC4CCC=C[C@@]43C)[C@H]1CC[C@@H]2[C@@H]1COC(=O)C1.O=C(c1ccccc1)c1ccccc1.c1ccc2occc2c1. The highest BCUT2D eigenvalue weighted by atomic mass is 16.5. The highest BCUT2D eigenvalue weighted by molar-refractivity contribution is 6.08. The molecule has 8 atom stereocenters. The van der Waals surface area contributed by atoms with Gasteiger partial charge < -0.3 is 9.15 Å². The maximum absolute atomic E-state index is 11.8. The van der Waals surface area contributed by atoms with Crippen molar-refractivity contribution in [2.75, 3.05) is 6.61 Å². The third kappa shape index (κ3) is 6.31. The third-order valence-electron chi connectivity index (χ3n) is 13.1. The van der Waals surface area contributed by atoms with Crippen molar-refractivity contribution in [3.8, 4) is 0 Å². The van der Waals surface area contributed by atoms with Gasteiger partial charge >= 0.3 is 5.97 Å². The number of benzene rings is 3. The van der Waals surface area contributed by atoms with Gasteiger partial charge in [-0.2, -0.15) is 0 Å². The number of esters is 1. The Morgan fingerprint density at radius 1 is 0.729 bits per heavy atom. The number of allylic oxidation sites excluding steroid dienone is 2. The zero-order valence-corrected chi connectivity index (χ0v) is 28.6. The number of ether oxygens (including phenoxy) is 1. The minimum atomic E-state index is 0.0473. The molecule has 0 N–H and O–H groups in total. The maximum Gasteiger partial charge on any atom is 0.306 e. The molecule has 5 aliphatic rings. The Morgan fingerprint density at radius 2 is 1.42 bits per heavy atom. The molecule has 4 aliphatic carbocycles. The van der Waals surface area contributed by atoms with E-state index in [-0.39, 0.29) is 11.8 Å². The molecule has 0 bridgehead atoms. The van der Waals surface area contributed by atoms with E-state index >= 15 is 0 Å². The van der Waals surface area contributed by atoms with Gasteiger partial charge in [0.25, 0.3) is 0 Å². The summed E-state index contributed by atoms with van der Waals surface area (Å²) in [5, 5.41) is 1.16. The van der Waals surface area contributed by atoms with Crippen LogP contribution in [-0.4, -0.2) is 18.4 Å². The van der Waals surface area contributed by atoms with E-state index in [9.17, 15) is 9.59 Å². The lowest BCUT2D eigenvalue weighted by atomic mass is 9.45. The molecule has 9 rings (SSSR count). The highest BCUT2D eigenvalue weighted by Gasteiger charge is 2.60. The number of hydrogen-bond donors (Lipinski definition) is 0. The summed E-state index contributed by atoms with van der Waals surface area (Å²) in [7, 11) is 0. The molecule has 250 valence electrons. The molecule has 3 aromatic carbocycles. The lowest BCUT2D eigenvalue weighted by Gasteiger charge is -2.59. The number of rotatable bonds is 3. The van der Waals surface area contributed by atoms with E-state index in [0.29, 0.717) is 29.8 Å². The van der Waals surface area contributed by atoms with Gasteiger partial charge in [-0.05, 0) is 104 Å². The second kappa shape index (κ2) is 13.9. The van der Waals surface area contributed by atoms with Crippen LogP contribution in [-0.2, 0) is 9.53 Å². The minimum absolute atomic E-state index is 0.0473. The molecule has 2 heterocycles. The number of fused-ring (bicyclic) bond motifs is 6. The van der Waals surface area contributed by atoms with Gasteiger partial charge in [-0.3, -0.25) is 9.59 Å². The molecule has 1 aliphatic heterocycles. The van der Waals surface area contributed by atoms with Crippen molar-refractivity contribution in [1.82, 2.24) is 0 Å². The van der Waals surface area contributed by atoms with Crippen LogP contribution in [0.3, 0.4) is 0 Å². The molecule has 0 spiro atoms.